The van der Waals surface area contributed by atoms with Crippen LogP contribution in [0.25, 0.3) is 10.9 Å². The number of rotatable bonds is 4. The lowest BCUT2D eigenvalue weighted by Crippen LogP contribution is -2.56. The standard InChI is InChI=1S/C28H33FN4O4/c1-17(2)26(35)33-16-28(10-12-32(13-11-28)27(36)31-21-7-5-4-6-20(21)29)24-19-9-8-18(37-3)14-22(19)30-25(24)23(33)15-34/h4-9,14,17,23,30,34H,10-13,15-16H2,1-3H3,(H,31,36)/t23-/m0/s1. The fourth-order valence-electron chi connectivity index (χ4n) is 5.87. The van der Waals surface area contributed by atoms with E-state index in [1.165, 1.54) is 12.1 Å². The summed E-state index contributed by atoms with van der Waals surface area (Å²) in [6.07, 6.45) is 1.26. The minimum atomic E-state index is -0.478. The first-order chi connectivity index (χ1) is 17.8. The van der Waals surface area contributed by atoms with E-state index in [2.05, 4.69) is 10.3 Å². The number of benzene rings is 2. The number of para-hydroxylation sites is 1. The summed E-state index contributed by atoms with van der Waals surface area (Å²) in [6.45, 7) is 4.91. The zero-order valence-electron chi connectivity index (χ0n) is 21.4. The van der Waals surface area contributed by atoms with Gasteiger partial charge in [-0.05, 0) is 42.7 Å². The van der Waals surface area contributed by atoms with Gasteiger partial charge in [-0.15, -0.1) is 0 Å². The number of amides is 3. The molecular weight excluding hydrogens is 475 g/mol. The fraction of sp³-hybridized carbons (Fsp3) is 0.429. The highest BCUT2D eigenvalue weighted by molar-refractivity contribution is 5.91. The summed E-state index contributed by atoms with van der Waals surface area (Å²) in [4.78, 5) is 33.2. The molecule has 3 heterocycles. The molecule has 3 aromatic rings. The van der Waals surface area contributed by atoms with Crippen molar-refractivity contribution in [1.82, 2.24) is 14.8 Å². The van der Waals surface area contributed by atoms with Crippen molar-refractivity contribution in [2.24, 2.45) is 5.92 Å². The molecular formula is C28H33FN4O4. The van der Waals surface area contributed by atoms with Gasteiger partial charge in [-0.1, -0.05) is 26.0 Å². The zero-order valence-corrected chi connectivity index (χ0v) is 21.4. The van der Waals surface area contributed by atoms with E-state index in [0.717, 1.165) is 27.9 Å². The summed E-state index contributed by atoms with van der Waals surface area (Å²) in [5, 5.41) is 14.1. The number of anilines is 1. The summed E-state index contributed by atoms with van der Waals surface area (Å²) in [5.74, 6) is 0.00703. The van der Waals surface area contributed by atoms with Gasteiger partial charge >= 0.3 is 6.03 Å². The lowest BCUT2D eigenvalue weighted by atomic mass is 9.68. The highest BCUT2D eigenvalue weighted by Gasteiger charge is 2.49. The van der Waals surface area contributed by atoms with Gasteiger partial charge in [0.15, 0.2) is 0 Å². The Kier molecular flexibility index (Phi) is 6.58. The number of aliphatic hydroxyl groups excluding tert-OH is 1. The molecule has 5 rings (SSSR count). The fourth-order valence-corrected chi connectivity index (χ4v) is 5.87. The second-order valence-corrected chi connectivity index (χ2v) is 10.3. The summed E-state index contributed by atoms with van der Waals surface area (Å²) < 4.78 is 19.5. The van der Waals surface area contributed by atoms with E-state index in [1.54, 1.807) is 29.0 Å². The van der Waals surface area contributed by atoms with Gasteiger partial charge in [-0.2, -0.15) is 0 Å². The normalized spacial score (nSPS) is 18.8. The van der Waals surface area contributed by atoms with Crippen LogP contribution in [0.1, 0.15) is 44.0 Å². The van der Waals surface area contributed by atoms with Gasteiger partial charge in [0.25, 0.3) is 0 Å². The highest BCUT2D eigenvalue weighted by Crippen LogP contribution is 2.49. The number of likely N-dealkylation sites (tertiary alicyclic amines) is 1. The van der Waals surface area contributed by atoms with Crippen LogP contribution in [0.4, 0.5) is 14.9 Å². The summed E-state index contributed by atoms with van der Waals surface area (Å²) in [6, 6.07) is 11.2. The van der Waals surface area contributed by atoms with Crippen LogP contribution in [0.2, 0.25) is 0 Å². The number of piperidine rings is 1. The Bertz CT molecular complexity index is 1330. The van der Waals surface area contributed by atoms with Crippen LogP contribution in [-0.4, -0.2) is 65.2 Å². The second-order valence-electron chi connectivity index (χ2n) is 10.3. The Balaban J connectivity index is 1.50. The molecule has 2 aliphatic heterocycles. The lowest BCUT2D eigenvalue weighted by molar-refractivity contribution is -0.140. The van der Waals surface area contributed by atoms with E-state index in [0.29, 0.717) is 32.5 Å². The molecule has 1 fully saturated rings. The predicted octanol–water partition coefficient (Wildman–Crippen LogP) is 4.41. The number of hydrogen-bond donors (Lipinski definition) is 3. The molecule has 9 heteroatoms. The largest absolute Gasteiger partial charge is 0.497 e. The number of aromatic nitrogens is 1. The molecule has 3 N–H and O–H groups in total. The molecule has 8 nitrogen and oxygen atoms in total. The van der Waals surface area contributed by atoms with Crippen molar-refractivity contribution in [2.75, 3.05) is 38.7 Å². The number of ether oxygens (including phenoxy) is 1. The molecule has 1 saturated heterocycles. The molecule has 1 spiro atoms. The van der Waals surface area contributed by atoms with Gasteiger partial charge in [0, 0.05) is 53.6 Å². The Morgan fingerprint density at radius 1 is 1.22 bits per heavy atom. The molecule has 0 saturated carbocycles. The summed E-state index contributed by atoms with van der Waals surface area (Å²) >= 11 is 0. The van der Waals surface area contributed by atoms with Gasteiger partial charge in [0.2, 0.25) is 5.91 Å². The number of nitrogens with one attached hydrogen (secondary N) is 2. The quantitative estimate of drug-likeness (QED) is 0.486. The topological polar surface area (TPSA) is 97.9 Å². The number of hydrogen-bond acceptors (Lipinski definition) is 4. The number of urea groups is 1. The lowest BCUT2D eigenvalue weighted by Gasteiger charge is -2.50. The number of carbonyl (C=O) groups is 2. The van der Waals surface area contributed by atoms with Crippen molar-refractivity contribution in [1.29, 1.82) is 0 Å². The van der Waals surface area contributed by atoms with Gasteiger partial charge in [0.1, 0.15) is 11.6 Å². The van der Waals surface area contributed by atoms with Crippen molar-refractivity contribution in [3.63, 3.8) is 0 Å². The molecule has 196 valence electrons. The van der Waals surface area contributed by atoms with E-state index in [9.17, 15) is 19.1 Å². The number of carbonyl (C=O) groups excluding carboxylic acids is 2. The molecule has 0 unspecified atom stereocenters. The number of aromatic amines is 1. The molecule has 0 aliphatic carbocycles. The third-order valence-corrected chi connectivity index (χ3v) is 7.82. The molecule has 0 bridgehead atoms. The third-order valence-electron chi connectivity index (χ3n) is 7.82. The van der Waals surface area contributed by atoms with Crippen molar-refractivity contribution >= 4 is 28.5 Å². The molecule has 0 radical (unpaired) electrons. The maximum absolute atomic E-state index is 14.1. The maximum Gasteiger partial charge on any atom is 0.321 e. The molecule has 3 amide bonds. The van der Waals surface area contributed by atoms with Crippen LogP contribution in [0, 0.1) is 11.7 Å². The van der Waals surface area contributed by atoms with Crippen LogP contribution in [-0.2, 0) is 10.2 Å². The van der Waals surface area contributed by atoms with Crippen LogP contribution in [0.15, 0.2) is 42.5 Å². The molecule has 2 aromatic carbocycles. The van der Waals surface area contributed by atoms with Crippen molar-refractivity contribution < 1.29 is 23.8 Å². The number of fused-ring (bicyclic) bond motifs is 4. The SMILES string of the molecule is COc1ccc2c3c([nH]c2c1)[C@H](CO)N(C(=O)C(C)C)CC31CCN(C(=O)Nc2ccccc2F)CC1. The van der Waals surface area contributed by atoms with Crippen molar-refractivity contribution in [3.8, 4) is 5.75 Å². The minimum absolute atomic E-state index is 0.0139. The number of nitrogens with zero attached hydrogens (tertiary/aromatic N) is 2. The number of methoxy groups -OCH3 is 1. The van der Waals surface area contributed by atoms with Gasteiger partial charge < -0.3 is 29.9 Å². The van der Waals surface area contributed by atoms with Crippen LogP contribution < -0.4 is 10.1 Å². The molecule has 1 aromatic heterocycles. The van der Waals surface area contributed by atoms with Gasteiger partial charge in [-0.25, -0.2) is 9.18 Å². The Morgan fingerprint density at radius 3 is 2.59 bits per heavy atom. The van der Waals surface area contributed by atoms with E-state index >= 15 is 0 Å². The van der Waals surface area contributed by atoms with Gasteiger partial charge in [0.05, 0.1) is 25.4 Å². The van der Waals surface area contributed by atoms with Gasteiger partial charge in [-0.3, -0.25) is 4.79 Å². The van der Waals surface area contributed by atoms with Crippen molar-refractivity contribution in [2.45, 2.75) is 38.1 Å². The first-order valence-electron chi connectivity index (χ1n) is 12.7. The monoisotopic (exact) mass is 508 g/mol. The van der Waals surface area contributed by atoms with E-state index in [4.69, 9.17) is 4.74 Å². The van der Waals surface area contributed by atoms with Crippen LogP contribution in [0.5, 0.6) is 5.75 Å². The average molecular weight is 509 g/mol. The highest BCUT2D eigenvalue weighted by atomic mass is 19.1. The second kappa shape index (κ2) is 9.70. The number of H-pyrrole nitrogens is 1. The Hall–Kier alpha value is -3.59. The van der Waals surface area contributed by atoms with Crippen molar-refractivity contribution in [3.05, 3.63) is 59.5 Å². The Labute approximate surface area is 215 Å². The minimum Gasteiger partial charge on any atom is -0.497 e. The van der Waals surface area contributed by atoms with E-state index in [1.807, 2.05) is 32.0 Å². The number of aliphatic hydroxyl groups is 1. The molecule has 2 aliphatic rings. The van der Waals surface area contributed by atoms with E-state index in [-0.39, 0.29) is 30.2 Å². The summed E-state index contributed by atoms with van der Waals surface area (Å²) in [5.41, 5.74) is 2.59. The number of halogens is 1. The molecule has 1 atom stereocenters. The van der Waals surface area contributed by atoms with Crippen LogP contribution in [0.3, 0.4) is 0 Å². The first-order valence-corrected chi connectivity index (χ1v) is 12.7. The zero-order chi connectivity index (χ0) is 26.3. The maximum atomic E-state index is 14.1. The molecule has 37 heavy (non-hydrogen) atoms. The summed E-state index contributed by atoms with van der Waals surface area (Å²) in [7, 11) is 1.62. The predicted molar refractivity (Wildman–Crippen MR) is 139 cm³/mol. The third kappa shape index (κ3) is 4.31. The Morgan fingerprint density at radius 2 is 1.95 bits per heavy atom. The average Bonchev–Trinajstić information content (AvgIpc) is 3.29. The van der Waals surface area contributed by atoms with E-state index < -0.39 is 17.3 Å². The van der Waals surface area contributed by atoms with Crippen LogP contribution >= 0.6 is 0 Å². The smallest absolute Gasteiger partial charge is 0.321 e. The first kappa shape index (κ1) is 25.1.